The maximum absolute atomic E-state index is 14.0. The third kappa shape index (κ3) is 8.59. The molecule has 0 heterocycles. The third-order valence-corrected chi connectivity index (χ3v) is 7.63. The van der Waals surface area contributed by atoms with Gasteiger partial charge in [-0.2, -0.15) is 0 Å². The second-order valence-corrected chi connectivity index (χ2v) is 11.8. The van der Waals surface area contributed by atoms with Crippen LogP contribution in [0.1, 0.15) is 24.5 Å². The first-order valence-corrected chi connectivity index (χ1v) is 14.9. The predicted molar refractivity (Wildman–Crippen MR) is 150 cm³/mol. The highest BCUT2D eigenvalue weighted by molar-refractivity contribution is 9.10. The summed E-state index contributed by atoms with van der Waals surface area (Å²) in [5.74, 6) is -3.46. The number of anilines is 1. The molecule has 3 rings (SSSR count). The van der Waals surface area contributed by atoms with Crippen molar-refractivity contribution < 1.29 is 26.8 Å². The van der Waals surface area contributed by atoms with Crippen LogP contribution in [-0.2, 0) is 32.6 Å². The molecule has 0 saturated heterocycles. The van der Waals surface area contributed by atoms with Gasteiger partial charge in [-0.25, -0.2) is 17.2 Å². The first-order valence-electron chi connectivity index (χ1n) is 12.3. The van der Waals surface area contributed by atoms with Gasteiger partial charge in [0.1, 0.15) is 12.6 Å². The Bertz CT molecular complexity index is 1390. The van der Waals surface area contributed by atoms with Crippen molar-refractivity contribution >= 4 is 43.5 Å². The molecule has 1 N–H and O–H groups in total. The Morgan fingerprint density at radius 3 is 2.21 bits per heavy atom. The van der Waals surface area contributed by atoms with E-state index in [-0.39, 0.29) is 24.6 Å². The highest BCUT2D eigenvalue weighted by atomic mass is 79.9. The Labute approximate surface area is 236 Å². The van der Waals surface area contributed by atoms with Crippen LogP contribution in [0.15, 0.2) is 77.3 Å². The lowest BCUT2D eigenvalue weighted by Crippen LogP contribution is -2.53. The van der Waals surface area contributed by atoms with E-state index in [0.717, 1.165) is 34.5 Å². The van der Waals surface area contributed by atoms with Crippen LogP contribution in [0.25, 0.3) is 0 Å². The van der Waals surface area contributed by atoms with E-state index in [1.165, 1.54) is 4.90 Å². The van der Waals surface area contributed by atoms with Crippen LogP contribution in [0.3, 0.4) is 0 Å². The minimum absolute atomic E-state index is 0.0124. The molecule has 2 amide bonds. The van der Waals surface area contributed by atoms with Crippen LogP contribution in [-0.4, -0.2) is 50.5 Å². The van der Waals surface area contributed by atoms with Crippen LogP contribution in [0.5, 0.6) is 0 Å². The Kier molecular flexibility index (Phi) is 10.6. The smallest absolute Gasteiger partial charge is 0.244 e. The summed E-state index contributed by atoms with van der Waals surface area (Å²) in [4.78, 5) is 28.6. The second kappa shape index (κ2) is 13.7. The van der Waals surface area contributed by atoms with E-state index in [1.807, 2.05) is 37.3 Å². The summed E-state index contributed by atoms with van der Waals surface area (Å²) >= 11 is 3.38. The van der Waals surface area contributed by atoms with Gasteiger partial charge in [-0.1, -0.05) is 65.3 Å². The fourth-order valence-electron chi connectivity index (χ4n) is 3.96. The predicted octanol–water partition coefficient (Wildman–Crippen LogP) is 4.66. The molecule has 3 aromatic carbocycles. The Balaban J connectivity index is 2.04. The molecule has 0 aromatic heterocycles. The van der Waals surface area contributed by atoms with E-state index in [1.54, 1.807) is 24.3 Å². The minimum Gasteiger partial charge on any atom is -0.354 e. The van der Waals surface area contributed by atoms with E-state index in [2.05, 4.69) is 21.2 Å². The van der Waals surface area contributed by atoms with Gasteiger partial charge in [0.05, 0.1) is 11.9 Å². The lowest BCUT2D eigenvalue weighted by molar-refractivity contribution is -0.140. The standard InChI is InChI=1S/C28H30BrF2N3O4S/c1-3-15-32-28(36)26(16-20-7-5-4-6-8-20)33(18-21-9-11-22(29)12-10-21)27(35)19-34(39(2,37)38)23-13-14-24(30)25(31)17-23/h4-14,17,26H,3,15-16,18-19H2,1-2H3,(H,32,36)/t26-/m1/s1. The van der Waals surface area contributed by atoms with E-state index >= 15 is 0 Å². The summed E-state index contributed by atoms with van der Waals surface area (Å²) < 4.78 is 54.4. The highest BCUT2D eigenvalue weighted by Gasteiger charge is 2.33. The van der Waals surface area contributed by atoms with Crippen molar-refractivity contribution in [1.82, 2.24) is 10.2 Å². The van der Waals surface area contributed by atoms with Gasteiger partial charge in [-0.3, -0.25) is 13.9 Å². The van der Waals surface area contributed by atoms with Crippen LogP contribution in [0, 0.1) is 11.6 Å². The maximum Gasteiger partial charge on any atom is 0.244 e. The molecule has 0 bridgehead atoms. The molecular formula is C28H30BrF2N3O4S. The molecule has 0 unspecified atom stereocenters. The minimum atomic E-state index is -4.08. The number of halogens is 3. The van der Waals surface area contributed by atoms with Crippen LogP contribution >= 0.6 is 15.9 Å². The molecule has 39 heavy (non-hydrogen) atoms. The number of carbonyl (C=O) groups excluding carboxylic acids is 2. The number of hydrogen-bond acceptors (Lipinski definition) is 4. The fraction of sp³-hybridized carbons (Fsp3) is 0.286. The number of sulfonamides is 1. The van der Waals surface area contributed by atoms with E-state index < -0.39 is 40.2 Å². The molecule has 0 fully saturated rings. The second-order valence-electron chi connectivity index (χ2n) is 9.01. The SMILES string of the molecule is CCCNC(=O)[C@@H](Cc1ccccc1)N(Cc1ccc(Br)cc1)C(=O)CN(c1ccc(F)c(F)c1)S(C)(=O)=O. The normalized spacial score (nSPS) is 12.0. The first-order chi connectivity index (χ1) is 18.5. The fourth-order valence-corrected chi connectivity index (χ4v) is 5.07. The summed E-state index contributed by atoms with van der Waals surface area (Å²) in [5, 5.41) is 2.85. The number of nitrogens with zero attached hydrogens (tertiary/aromatic N) is 2. The maximum atomic E-state index is 14.0. The molecule has 0 radical (unpaired) electrons. The van der Waals surface area contributed by atoms with Crippen molar-refractivity contribution in [2.75, 3.05) is 23.7 Å². The topological polar surface area (TPSA) is 86.8 Å². The van der Waals surface area contributed by atoms with Crippen LogP contribution in [0.2, 0.25) is 0 Å². The Morgan fingerprint density at radius 2 is 1.62 bits per heavy atom. The largest absolute Gasteiger partial charge is 0.354 e. The van der Waals surface area contributed by atoms with Gasteiger partial charge in [0.2, 0.25) is 21.8 Å². The molecule has 7 nitrogen and oxygen atoms in total. The van der Waals surface area contributed by atoms with E-state index in [9.17, 15) is 26.8 Å². The highest BCUT2D eigenvalue weighted by Crippen LogP contribution is 2.23. The molecular weight excluding hydrogens is 592 g/mol. The molecule has 1 atom stereocenters. The van der Waals surface area contributed by atoms with Crippen LogP contribution in [0.4, 0.5) is 14.5 Å². The van der Waals surface area contributed by atoms with Gasteiger partial charge in [0.15, 0.2) is 11.6 Å². The number of rotatable bonds is 12. The van der Waals surface area contributed by atoms with Gasteiger partial charge >= 0.3 is 0 Å². The monoisotopic (exact) mass is 621 g/mol. The van der Waals surface area contributed by atoms with Crippen molar-refractivity contribution in [3.05, 3.63) is 100 Å². The third-order valence-electron chi connectivity index (χ3n) is 5.96. The van der Waals surface area contributed by atoms with Gasteiger partial charge in [-0.15, -0.1) is 0 Å². The zero-order valence-corrected chi connectivity index (χ0v) is 24.0. The molecule has 0 aliphatic carbocycles. The van der Waals surface area contributed by atoms with Crippen molar-refractivity contribution in [3.8, 4) is 0 Å². The number of benzene rings is 3. The zero-order valence-electron chi connectivity index (χ0n) is 21.6. The lowest BCUT2D eigenvalue weighted by Gasteiger charge is -2.33. The average molecular weight is 623 g/mol. The lowest BCUT2D eigenvalue weighted by atomic mass is 10.0. The number of amides is 2. The molecule has 0 aliphatic heterocycles. The number of nitrogens with one attached hydrogen (secondary N) is 1. The summed E-state index contributed by atoms with van der Waals surface area (Å²) in [6, 6.07) is 18.0. The number of carbonyl (C=O) groups is 2. The molecule has 0 aliphatic rings. The zero-order chi connectivity index (χ0) is 28.6. The summed E-state index contributed by atoms with van der Waals surface area (Å²) in [5.41, 5.74) is 1.32. The van der Waals surface area contributed by atoms with Crippen LogP contribution < -0.4 is 9.62 Å². The van der Waals surface area contributed by atoms with E-state index in [4.69, 9.17) is 0 Å². The molecule has 0 spiro atoms. The molecule has 0 saturated carbocycles. The van der Waals surface area contributed by atoms with Crippen molar-refractivity contribution in [2.24, 2.45) is 0 Å². The first kappa shape index (κ1) is 30.2. The Hall–Kier alpha value is -3.31. The van der Waals surface area contributed by atoms with Gasteiger partial charge < -0.3 is 10.2 Å². The van der Waals surface area contributed by atoms with Crippen molar-refractivity contribution in [1.29, 1.82) is 0 Å². The summed E-state index contributed by atoms with van der Waals surface area (Å²) in [7, 11) is -4.08. The van der Waals surface area contributed by atoms with Crippen molar-refractivity contribution in [2.45, 2.75) is 32.4 Å². The van der Waals surface area contributed by atoms with Gasteiger partial charge in [-0.05, 0) is 41.8 Å². The quantitative estimate of drug-likeness (QED) is 0.319. The summed E-state index contributed by atoms with van der Waals surface area (Å²) in [6.45, 7) is 1.60. The molecule has 11 heteroatoms. The van der Waals surface area contributed by atoms with Gasteiger partial charge in [0.25, 0.3) is 0 Å². The molecule has 208 valence electrons. The summed E-state index contributed by atoms with van der Waals surface area (Å²) in [6.07, 6.45) is 1.74. The Morgan fingerprint density at radius 1 is 0.949 bits per heavy atom. The number of hydrogen-bond donors (Lipinski definition) is 1. The molecule has 3 aromatic rings. The van der Waals surface area contributed by atoms with Gasteiger partial charge in [0, 0.05) is 30.0 Å². The van der Waals surface area contributed by atoms with E-state index in [0.29, 0.717) is 22.8 Å². The van der Waals surface area contributed by atoms with Crippen molar-refractivity contribution in [3.63, 3.8) is 0 Å². The average Bonchev–Trinajstić information content (AvgIpc) is 2.90.